The van der Waals surface area contributed by atoms with Crippen molar-refractivity contribution in [1.82, 2.24) is 9.62 Å². The summed E-state index contributed by atoms with van der Waals surface area (Å²) >= 11 is 5.86. The molecule has 194 valence electrons. The lowest BCUT2D eigenvalue weighted by Gasteiger charge is -2.24. The van der Waals surface area contributed by atoms with Crippen LogP contribution in [0.1, 0.15) is 6.42 Å². The molecule has 3 aromatic rings. The van der Waals surface area contributed by atoms with E-state index in [4.69, 9.17) is 11.6 Å². The quantitative estimate of drug-likeness (QED) is 0.375. The summed E-state index contributed by atoms with van der Waals surface area (Å²) in [4.78, 5) is 26.9. The first-order valence-corrected chi connectivity index (χ1v) is 13.1. The highest BCUT2D eigenvalue weighted by atomic mass is 35.5. The topological polar surface area (TPSA) is 128 Å². The van der Waals surface area contributed by atoms with Crippen molar-refractivity contribution in [3.05, 3.63) is 77.6 Å². The fourth-order valence-electron chi connectivity index (χ4n) is 4.06. The van der Waals surface area contributed by atoms with Crippen LogP contribution < -0.4 is 15.4 Å². The monoisotopic (exact) mass is 546 g/mol. The molecule has 37 heavy (non-hydrogen) atoms. The van der Waals surface area contributed by atoms with Crippen molar-refractivity contribution in [2.24, 2.45) is 0 Å². The highest BCUT2D eigenvalue weighted by Gasteiger charge is 2.39. The van der Waals surface area contributed by atoms with E-state index in [1.54, 1.807) is 42.5 Å². The maximum absolute atomic E-state index is 15.0. The molecule has 2 atom stereocenters. The molecule has 4 N–H and O–H groups in total. The van der Waals surface area contributed by atoms with Gasteiger partial charge in [0.25, 0.3) is 0 Å². The molecule has 3 aromatic carbocycles. The van der Waals surface area contributed by atoms with Crippen LogP contribution in [0.25, 0.3) is 11.1 Å². The fourth-order valence-corrected chi connectivity index (χ4v) is 5.14. The lowest BCUT2D eigenvalue weighted by atomic mass is 10.0. The predicted molar refractivity (Wildman–Crippen MR) is 138 cm³/mol. The summed E-state index contributed by atoms with van der Waals surface area (Å²) in [6.07, 6.45) is -0.945. The Morgan fingerprint density at radius 1 is 1.05 bits per heavy atom. The van der Waals surface area contributed by atoms with Gasteiger partial charge in [-0.3, -0.25) is 4.79 Å². The summed E-state index contributed by atoms with van der Waals surface area (Å²) < 4.78 is 42.0. The Morgan fingerprint density at radius 3 is 2.43 bits per heavy atom. The van der Waals surface area contributed by atoms with Gasteiger partial charge in [0.1, 0.15) is 11.9 Å². The number of sulfonamides is 1. The van der Waals surface area contributed by atoms with Crippen LogP contribution in [0.4, 0.5) is 20.6 Å². The smallest absolute Gasteiger partial charge is 0.322 e. The summed E-state index contributed by atoms with van der Waals surface area (Å²) in [5, 5.41) is 15.7. The first-order chi connectivity index (χ1) is 17.6. The van der Waals surface area contributed by atoms with Crippen molar-refractivity contribution in [3.63, 3.8) is 0 Å². The fraction of sp³-hybridized carbons (Fsp3) is 0.200. The summed E-state index contributed by atoms with van der Waals surface area (Å²) in [6, 6.07) is 14.8. The third-order valence-corrected chi connectivity index (χ3v) is 7.65. The van der Waals surface area contributed by atoms with E-state index in [1.807, 2.05) is 0 Å². The van der Waals surface area contributed by atoms with Gasteiger partial charge in [-0.1, -0.05) is 35.9 Å². The number of hydrogen-bond donors (Lipinski definition) is 4. The van der Waals surface area contributed by atoms with Gasteiger partial charge in [0.05, 0.1) is 16.7 Å². The zero-order chi connectivity index (χ0) is 26.7. The zero-order valence-corrected chi connectivity index (χ0v) is 21.2. The normalized spacial score (nSPS) is 17.5. The van der Waals surface area contributed by atoms with Gasteiger partial charge in [0.15, 0.2) is 0 Å². The van der Waals surface area contributed by atoms with E-state index in [9.17, 15) is 23.1 Å². The van der Waals surface area contributed by atoms with Gasteiger partial charge in [-0.2, -0.15) is 0 Å². The molecule has 3 amide bonds. The van der Waals surface area contributed by atoms with Crippen LogP contribution in [0.3, 0.4) is 0 Å². The summed E-state index contributed by atoms with van der Waals surface area (Å²) in [5.41, 5.74) is 0.891. The van der Waals surface area contributed by atoms with Crippen LogP contribution in [0.5, 0.6) is 0 Å². The number of halogens is 2. The standard InChI is InChI=1S/C25H24ClFN4O5S/c1-28-37(35,36)23-5-3-2-4-19(23)15-6-11-21(20(27)12-15)30-24(33)22-13-18(32)14-31(22)25(34)29-17-9-7-16(26)8-10-17/h2-12,18,22,28,32H,13-14H2,1H3,(H,29,34)(H,30,33)/t18-,22-/m1/s1. The molecule has 12 heteroatoms. The molecule has 0 bridgehead atoms. The van der Waals surface area contributed by atoms with Gasteiger partial charge >= 0.3 is 6.03 Å². The highest BCUT2D eigenvalue weighted by Crippen LogP contribution is 2.30. The Hall–Kier alpha value is -3.51. The first-order valence-electron chi connectivity index (χ1n) is 11.2. The number of carbonyl (C=O) groups excluding carboxylic acids is 2. The van der Waals surface area contributed by atoms with Gasteiger partial charge in [0, 0.05) is 29.2 Å². The van der Waals surface area contributed by atoms with E-state index in [0.29, 0.717) is 16.3 Å². The van der Waals surface area contributed by atoms with E-state index in [0.717, 1.165) is 6.07 Å². The molecule has 0 unspecified atom stereocenters. The Morgan fingerprint density at radius 2 is 1.76 bits per heavy atom. The van der Waals surface area contributed by atoms with Crippen molar-refractivity contribution in [2.45, 2.75) is 23.5 Å². The number of amides is 3. The van der Waals surface area contributed by atoms with E-state index in [-0.39, 0.29) is 29.1 Å². The summed E-state index contributed by atoms with van der Waals surface area (Å²) in [6.45, 7) is -0.0738. The molecule has 0 saturated carbocycles. The Bertz CT molecular complexity index is 1440. The lowest BCUT2D eigenvalue weighted by Crippen LogP contribution is -2.45. The molecule has 1 aliphatic rings. The number of β-amino-alcohol motifs (C(OH)–C–C–N with tert-alkyl or cyclic N) is 1. The Balaban J connectivity index is 1.52. The minimum Gasteiger partial charge on any atom is -0.391 e. The minimum atomic E-state index is -3.79. The minimum absolute atomic E-state index is 0.0176. The maximum atomic E-state index is 15.0. The molecular formula is C25H24ClFN4O5S. The number of anilines is 2. The second-order valence-corrected chi connectivity index (χ2v) is 10.7. The van der Waals surface area contributed by atoms with Gasteiger partial charge < -0.3 is 20.6 Å². The number of hydrogen-bond acceptors (Lipinski definition) is 5. The van der Waals surface area contributed by atoms with Gasteiger partial charge in [-0.05, 0) is 55.1 Å². The summed E-state index contributed by atoms with van der Waals surface area (Å²) in [5.74, 6) is -1.47. The molecule has 0 radical (unpaired) electrons. The second-order valence-electron chi connectivity index (χ2n) is 8.38. The number of benzene rings is 3. The SMILES string of the molecule is CNS(=O)(=O)c1ccccc1-c1ccc(NC(=O)[C@H]2C[C@@H](O)CN2C(=O)Nc2ccc(Cl)cc2)c(F)c1. The molecule has 0 aliphatic carbocycles. The van der Waals surface area contributed by atoms with Crippen molar-refractivity contribution in [2.75, 3.05) is 24.2 Å². The molecule has 0 spiro atoms. The number of urea groups is 1. The number of carbonyl (C=O) groups is 2. The van der Waals surface area contributed by atoms with Gasteiger partial charge in [0.2, 0.25) is 15.9 Å². The molecule has 0 aromatic heterocycles. The lowest BCUT2D eigenvalue weighted by molar-refractivity contribution is -0.119. The summed E-state index contributed by atoms with van der Waals surface area (Å²) in [7, 11) is -2.51. The number of rotatable bonds is 6. The highest BCUT2D eigenvalue weighted by molar-refractivity contribution is 7.89. The number of aliphatic hydroxyl groups excluding tert-OH is 1. The van der Waals surface area contributed by atoms with E-state index in [1.165, 1.54) is 30.1 Å². The zero-order valence-electron chi connectivity index (χ0n) is 19.6. The van der Waals surface area contributed by atoms with E-state index >= 15 is 4.39 Å². The van der Waals surface area contributed by atoms with Crippen LogP contribution >= 0.6 is 11.6 Å². The van der Waals surface area contributed by atoms with Crippen molar-refractivity contribution >= 4 is 44.9 Å². The third-order valence-electron chi connectivity index (χ3n) is 5.92. The number of nitrogens with zero attached hydrogens (tertiary/aromatic N) is 1. The second kappa shape index (κ2) is 10.9. The number of nitrogens with one attached hydrogen (secondary N) is 3. The van der Waals surface area contributed by atoms with Gasteiger partial charge in [-0.25, -0.2) is 22.3 Å². The largest absolute Gasteiger partial charge is 0.391 e. The molecule has 4 rings (SSSR count). The number of aliphatic hydroxyl groups is 1. The van der Waals surface area contributed by atoms with Crippen molar-refractivity contribution < 1.29 is 27.5 Å². The van der Waals surface area contributed by atoms with E-state index < -0.39 is 39.9 Å². The molecule has 9 nitrogen and oxygen atoms in total. The van der Waals surface area contributed by atoms with E-state index in [2.05, 4.69) is 15.4 Å². The molecule has 1 aliphatic heterocycles. The van der Waals surface area contributed by atoms with Crippen LogP contribution in [-0.2, 0) is 14.8 Å². The van der Waals surface area contributed by atoms with Crippen molar-refractivity contribution in [1.29, 1.82) is 0 Å². The van der Waals surface area contributed by atoms with Gasteiger partial charge in [-0.15, -0.1) is 0 Å². The molecule has 1 saturated heterocycles. The Labute approximate surface area is 218 Å². The average molecular weight is 547 g/mol. The average Bonchev–Trinajstić information content (AvgIpc) is 3.28. The molecule has 1 heterocycles. The van der Waals surface area contributed by atoms with Crippen LogP contribution in [-0.4, -0.2) is 56.1 Å². The van der Waals surface area contributed by atoms with Crippen LogP contribution in [0.15, 0.2) is 71.6 Å². The van der Waals surface area contributed by atoms with Crippen LogP contribution in [0, 0.1) is 5.82 Å². The molecule has 1 fully saturated rings. The molecular weight excluding hydrogens is 523 g/mol. The first kappa shape index (κ1) is 26.6. The van der Waals surface area contributed by atoms with Crippen LogP contribution in [0.2, 0.25) is 5.02 Å². The Kier molecular flexibility index (Phi) is 7.79. The maximum Gasteiger partial charge on any atom is 0.322 e. The van der Waals surface area contributed by atoms with Crippen molar-refractivity contribution in [3.8, 4) is 11.1 Å². The predicted octanol–water partition coefficient (Wildman–Crippen LogP) is 3.66. The number of likely N-dealkylation sites (tertiary alicyclic amines) is 1. The third kappa shape index (κ3) is 5.91.